The van der Waals surface area contributed by atoms with Crippen LogP contribution in [0, 0.1) is 5.92 Å². The van der Waals surface area contributed by atoms with Gasteiger partial charge in [-0.2, -0.15) is 0 Å². The van der Waals surface area contributed by atoms with E-state index in [9.17, 15) is 9.59 Å². The van der Waals surface area contributed by atoms with E-state index in [2.05, 4.69) is 9.97 Å². The van der Waals surface area contributed by atoms with Gasteiger partial charge in [0.2, 0.25) is 11.8 Å². The van der Waals surface area contributed by atoms with Crippen molar-refractivity contribution >= 4 is 35.2 Å². The number of methoxy groups -OCH3 is 2. The van der Waals surface area contributed by atoms with Crippen molar-refractivity contribution in [3.8, 4) is 22.6 Å². The number of carbonyl (C=O) groups excluding carboxylic acids is 2. The van der Waals surface area contributed by atoms with Gasteiger partial charge in [-0.1, -0.05) is 41.6 Å². The lowest BCUT2D eigenvalue weighted by molar-refractivity contribution is -0.133. The molecule has 0 saturated carbocycles. The number of piperidine rings is 1. The Morgan fingerprint density at radius 3 is 2.46 bits per heavy atom. The third-order valence-corrected chi connectivity index (χ3v) is 8.25. The number of carbonyl (C=O) groups is 2. The van der Waals surface area contributed by atoms with Crippen LogP contribution in [0.5, 0.6) is 11.5 Å². The summed E-state index contributed by atoms with van der Waals surface area (Å²) in [5.74, 6) is 1.18. The molecule has 1 saturated heterocycles. The van der Waals surface area contributed by atoms with Gasteiger partial charge in [0.15, 0.2) is 16.7 Å². The molecule has 2 unspecified atom stereocenters. The Balaban J connectivity index is 1.34. The van der Waals surface area contributed by atoms with E-state index in [-0.39, 0.29) is 11.8 Å². The number of thioether (sulfide) groups is 1. The Hall–Kier alpha value is -3.30. The van der Waals surface area contributed by atoms with Crippen molar-refractivity contribution in [3.63, 3.8) is 0 Å². The number of amides is 2. The highest BCUT2D eigenvalue weighted by Crippen LogP contribution is 2.33. The van der Waals surface area contributed by atoms with Gasteiger partial charge in [0.25, 0.3) is 0 Å². The summed E-state index contributed by atoms with van der Waals surface area (Å²) in [6.07, 6.45) is 6.99. The van der Waals surface area contributed by atoms with Crippen LogP contribution in [0.4, 0.5) is 0 Å². The van der Waals surface area contributed by atoms with Gasteiger partial charge in [-0.3, -0.25) is 9.59 Å². The molecule has 2 atom stereocenters. The molecule has 1 aliphatic rings. The van der Waals surface area contributed by atoms with Crippen LogP contribution in [-0.2, 0) is 16.0 Å². The molecule has 0 bridgehead atoms. The molecule has 1 aliphatic heterocycles. The topological polar surface area (TPSA) is 108 Å². The van der Waals surface area contributed by atoms with Crippen LogP contribution in [-0.4, -0.2) is 59.2 Å². The number of nitrogens with two attached hydrogens (primary N) is 1. The normalized spacial score (nSPS) is 16.0. The van der Waals surface area contributed by atoms with Crippen molar-refractivity contribution in [3.05, 3.63) is 65.4 Å². The van der Waals surface area contributed by atoms with Crippen molar-refractivity contribution in [1.29, 1.82) is 0 Å². The molecule has 10 heteroatoms. The van der Waals surface area contributed by atoms with Crippen LogP contribution in [0.15, 0.2) is 60.0 Å². The van der Waals surface area contributed by atoms with E-state index in [4.69, 9.17) is 26.8 Å². The molecule has 0 radical (unpaired) electrons. The minimum atomic E-state index is -0.481. The summed E-state index contributed by atoms with van der Waals surface area (Å²) in [7, 11) is 3.18. The Morgan fingerprint density at radius 1 is 1.08 bits per heavy atom. The third kappa shape index (κ3) is 7.86. The van der Waals surface area contributed by atoms with Crippen LogP contribution in [0.25, 0.3) is 11.1 Å². The summed E-state index contributed by atoms with van der Waals surface area (Å²) in [5, 5.41) is 0.686. The molecule has 4 rings (SSSR count). The molecule has 2 amide bonds. The van der Waals surface area contributed by atoms with E-state index in [0.717, 1.165) is 36.1 Å². The van der Waals surface area contributed by atoms with Gasteiger partial charge in [-0.15, -0.1) is 0 Å². The van der Waals surface area contributed by atoms with Crippen molar-refractivity contribution in [2.45, 2.75) is 42.5 Å². The Bertz CT molecular complexity index is 1270. The Labute approximate surface area is 238 Å². The third-order valence-electron chi connectivity index (χ3n) is 6.87. The zero-order valence-electron chi connectivity index (χ0n) is 22.1. The first-order valence-electron chi connectivity index (χ1n) is 12.9. The highest BCUT2D eigenvalue weighted by atomic mass is 35.5. The molecule has 2 aromatic carbocycles. The van der Waals surface area contributed by atoms with Gasteiger partial charge in [0, 0.05) is 42.5 Å². The number of halogens is 1. The molecule has 206 valence electrons. The minimum absolute atomic E-state index is 0.131. The summed E-state index contributed by atoms with van der Waals surface area (Å²) in [4.78, 5) is 36.1. The number of rotatable bonds is 11. The number of likely N-dealkylation sites (tertiary alicyclic amines) is 1. The monoisotopic (exact) mass is 568 g/mol. The lowest BCUT2D eigenvalue weighted by atomic mass is 9.92. The quantitative estimate of drug-likeness (QED) is 0.255. The van der Waals surface area contributed by atoms with Crippen LogP contribution in [0.2, 0.25) is 5.02 Å². The molecule has 1 aromatic heterocycles. The van der Waals surface area contributed by atoms with Crippen molar-refractivity contribution in [2.24, 2.45) is 11.7 Å². The second-order valence-corrected chi connectivity index (χ2v) is 11.1. The maximum absolute atomic E-state index is 12.9. The molecule has 39 heavy (non-hydrogen) atoms. The smallest absolute Gasteiger partial charge is 0.231 e. The first kappa shape index (κ1) is 28.7. The van der Waals surface area contributed by atoms with E-state index >= 15 is 0 Å². The molecule has 2 heterocycles. The number of nitrogens with zero attached hydrogens (tertiary/aromatic N) is 3. The Kier molecular flexibility index (Phi) is 10.1. The summed E-state index contributed by atoms with van der Waals surface area (Å²) in [6, 6.07) is 13.2. The maximum Gasteiger partial charge on any atom is 0.231 e. The van der Waals surface area contributed by atoms with Crippen LogP contribution in [0.3, 0.4) is 0 Å². The second kappa shape index (κ2) is 13.7. The zero-order chi connectivity index (χ0) is 27.8. The fourth-order valence-electron chi connectivity index (χ4n) is 4.74. The maximum atomic E-state index is 12.9. The van der Waals surface area contributed by atoms with E-state index in [0.29, 0.717) is 47.5 Å². The first-order chi connectivity index (χ1) is 18.9. The zero-order valence-corrected chi connectivity index (χ0v) is 23.7. The summed E-state index contributed by atoms with van der Waals surface area (Å²) < 4.78 is 10.7. The highest BCUT2D eigenvalue weighted by molar-refractivity contribution is 8.00. The van der Waals surface area contributed by atoms with E-state index in [1.165, 1.54) is 11.8 Å². The number of aromatic nitrogens is 2. The molecule has 0 aliphatic carbocycles. The molecule has 2 N–H and O–H groups in total. The van der Waals surface area contributed by atoms with E-state index in [1.807, 2.05) is 47.4 Å². The van der Waals surface area contributed by atoms with Crippen LogP contribution < -0.4 is 15.2 Å². The summed E-state index contributed by atoms with van der Waals surface area (Å²) in [5.41, 5.74) is 8.56. The van der Waals surface area contributed by atoms with E-state index < -0.39 is 11.2 Å². The number of aryl methyl sites for hydroxylation is 1. The number of primary amides is 1. The number of ether oxygens (including phenoxy) is 2. The minimum Gasteiger partial charge on any atom is -0.493 e. The van der Waals surface area contributed by atoms with Gasteiger partial charge in [-0.05, 0) is 67.0 Å². The standard InChI is InChI=1S/C29H33ClN4O4S/c1-37-24-11-8-21(15-25(24)38-2)22-16-32-29(33-17-22)39-26(28(31)36)14-20-4-3-13-34(18-20)27(35)12-7-19-5-9-23(30)10-6-19/h5-6,8-11,15-17,20,26H,3-4,7,12-14,18H2,1-2H3,(H2,31,36). The number of benzene rings is 2. The second-order valence-electron chi connectivity index (χ2n) is 9.54. The van der Waals surface area contributed by atoms with Gasteiger partial charge in [0.1, 0.15) is 0 Å². The molecule has 3 aromatic rings. The lowest BCUT2D eigenvalue weighted by Gasteiger charge is -2.34. The van der Waals surface area contributed by atoms with Crippen LogP contribution in [0.1, 0.15) is 31.2 Å². The fraction of sp³-hybridized carbons (Fsp3) is 0.379. The molecule has 8 nitrogen and oxygen atoms in total. The molecule has 1 fully saturated rings. The first-order valence-corrected chi connectivity index (χ1v) is 14.1. The highest BCUT2D eigenvalue weighted by Gasteiger charge is 2.29. The predicted molar refractivity (Wildman–Crippen MR) is 153 cm³/mol. The van der Waals surface area contributed by atoms with E-state index in [1.54, 1.807) is 26.6 Å². The van der Waals surface area contributed by atoms with Crippen LogP contribution >= 0.6 is 23.4 Å². The summed E-state index contributed by atoms with van der Waals surface area (Å²) >= 11 is 7.22. The number of hydrogen-bond acceptors (Lipinski definition) is 7. The fourth-order valence-corrected chi connectivity index (χ4v) is 5.83. The van der Waals surface area contributed by atoms with Gasteiger partial charge < -0.3 is 20.1 Å². The van der Waals surface area contributed by atoms with Gasteiger partial charge in [-0.25, -0.2) is 9.97 Å². The van der Waals surface area contributed by atoms with Crippen molar-refractivity contribution in [1.82, 2.24) is 14.9 Å². The largest absolute Gasteiger partial charge is 0.493 e. The van der Waals surface area contributed by atoms with Crippen molar-refractivity contribution in [2.75, 3.05) is 27.3 Å². The molecular formula is C29H33ClN4O4S. The average Bonchev–Trinajstić information content (AvgIpc) is 2.96. The SMILES string of the molecule is COc1ccc(-c2cnc(SC(CC3CCCN(C(=O)CCc4ccc(Cl)cc4)C3)C(N)=O)nc2)cc1OC. The summed E-state index contributed by atoms with van der Waals surface area (Å²) in [6.45, 7) is 1.37. The average molecular weight is 569 g/mol. The lowest BCUT2D eigenvalue weighted by Crippen LogP contribution is -2.41. The van der Waals surface area contributed by atoms with Crippen molar-refractivity contribution < 1.29 is 19.1 Å². The number of hydrogen-bond donors (Lipinski definition) is 1. The van der Waals surface area contributed by atoms with Gasteiger partial charge in [0.05, 0.1) is 19.5 Å². The Morgan fingerprint density at radius 2 is 1.79 bits per heavy atom. The molecular weight excluding hydrogens is 536 g/mol. The predicted octanol–water partition coefficient (Wildman–Crippen LogP) is 5.02. The molecule has 0 spiro atoms. The van der Waals surface area contributed by atoms with Gasteiger partial charge >= 0.3 is 0 Å².